The van der Waals surface area contributed by atoms with E-state index in [1.165, 1.54) is 0 Å². The Hall–Kier alpha value is -1.83. The van der Waals surface area contributed by atoms with Crippen LogP contribution in [0.2, 0.25) is 0 Å². The molecule has 1 rings (SSSR count). The lowest BCUT2D eigenvalue weighted by atomic mass is 9.85. The van der Waals surface area contributed by atoms with Crippen molar-refractivity contribution in [3.63, 3.8) is 0 Å². The average molecular weight is 489 g/mol. The maximum absolute atomic E-state index is 11.0. The van der Waals surface area contributed by atoms with Crippen LogP contribution < -0.4 is 5.32 Å². The Labute approximate surface area is 186 Å². The van der Waals surface area contributed by atoms with E-state index in [0.717, 1.165) is 6.92 Å². The van der Waals surface area contributed by atoms with Crippen LogP contribution >= 0.6 is 0 Å². The second-order valence-corrected chi connectivity index (χ2v) is 7.40. The number of amides is 1. The minimum atomic E-state index is -1.94. The van der Waals surface area contributed by atoms with E-state index in [0.29, 0.717) is 0 Å². The standard InChI is InChI=1S/C11H19NO9.C6H12O6/c1-4(14)12-8(5(15)2-6(16)11(20)21)10(19)9(18)7(17)3-13;7-1-2(8)4(10)6(12)5(11)3(1)9/h5,7-10,13,15,17-19H,2-3H2,1H3,(H,12,14)(H,20,21);1-12H/t5-,7+,8+,9+,10+;1-,2-,3-,4+,5-,6-/m0./s1. The van der Waals surface area contributed by atoms with E-state index in [4.69, 9.17) is 40.9 Å². The molecule has 0 bridgehead atoms. The summed E-state index contributed by atoms with van der Waals surface area (Å²) in [6.45, 7) is 0.134. The molecule has 0 spiro atoms. The Morgan fingerprint density at radius 3 is 1.36 bits per heavy atom. The summed E-state index contributed by atoms with van der Waals surface area (Å²) in [6, 6.07) is -1.61. The predicted molar refractivity (Wildman–Crippen MR) is 102 cm³/mol. The number of carboxylic acid groups (broad SMARTS) is 1. The van der Waals surface area contributed by atoms with Crippen LogP contribution in [-0.2, 0) is 14.4 Å². The average Bonchev–Trinajstić information content (AvgIpc) is 2.77. The van der Waals surface area contributed by atoms with Gasteiger partial charge >= 0.3 is 5.97 Å². The summed E-state index contributed by atoms with van der Waals surface area (Å²) < 4.78 is 0. The lowest BCUT2D eigenvalue weighted by Gasteiger charge is -2.39. The Kier molecular flexibility index (Phi) is 13.0. The van der Waals surface area contributed by atoms with Crippen LogP contribution in [0.1, 0.15) is 13.3 Å². The summed E-state index contributed by atoms with van der Waals surface area (Å²) in [5.74, 6) is -3.89. The SMILES string of the molecule is CC(=O)N[C@@H]([C@@H](O)[C@H](O)[C@H](O)CO)[C@@H](O)CC(=O)C(=O)O.O[C@H]1[C@H](O)[C@@H](O)[C@H](O)[C@@H](O)[C@H]1O. The van der Waals surface area contributed by atoms with Crippen molar-refractivity contribution >= 4 is 17.7 Å². The van der Waals surface area contributed by atoms with Crippen molar-refractivity contribution in [2.24, 2.45) is 0 Å². The molecule has 1 aliphatic carbocycles. The van der Waals surface area contributed by atoms with Crippen LogP contribution in [0.3, 0.4) is 0 Å². The van der Waals surface area contributed by atoms with E-state index < -0.39 is 97.8 Å². The molecular weight excluding hydrogens is 458 g/mol. The molecule has 16 heteroatoms. The molecule has 0 heterocycles. The molecule has 16 nitrogen and oxygen atoms in total. The number of aliphatic hydroxyl groups excluding tert-OH is 11. The molecule has 0 unspecified atom stereocenters. The van der Waals surface area contributed by atoms with Crippen molar-refractivity contribution < 1.29 is 75.7 Å². The smallest absolute Gasteiger partial charge is 0.372 e. The molecule has 0 aromatic rings. The molecule has 1 amide bonds. The lowest BCUT2D eigenvalue weighted by Crippen LogP contribution is -2.63. The zero-order valence-corrected chi connectivity index (χ0v) is 17.4. The van der Waals surface area contributed by atoms with E-state index in [1.807, 2.05) is 5.32 Å². The Balaban J connectivity index is 0.000000716. The molecule has 13 N–H and O–H groups in total. The molecule has 33 heavy (non-hydrogen) atoms. The highest BCUT2D eigenvalue weighted by molar-refractivity contribution is 6.32. The predicted octanol–water partition coefficient (Wildman–Crippen LogP) is -7.86. The van der Waals surface area contributed by atoms with Crippen molar-refractivity contribution in [3.8, 4) is 0 Å². The van der Waals surface area contributed by atoms with Gasteiger partial charge in [0.25, 0.3) is 0 Å². The molecular formula is C17H31NO15. The fourth-order valence-corrected chi connectivity index (χ4v) is 2.81. The van der Waals surface area contributed by atoms with E-state index in [2.05, 4.69) is 0 Å². The van der Waals surface area contributed by atoms with Gasteiger partial charge in [0.2, 0.25) is 11.7 Å². The first kappa shape index (κ1) is 31.2. The van der Waals surface area contributed by atoms with Crippen LogP contribution in [0.25, 0.3) is 0 Å². The van der Waals surface area contributed by atoms with Gasteiger partial charge in [-0.05, 0) is 0 Å². The number of ketones is 1. The van der Waals surface area contributed by atoms with E-state index in [1.54, 1.807) is 0 Å². The minimum Gasteiger partial charge on any atom is -0.475 e. The first-order valence-electron chi connectivity index (χ1n) is 9.53. The van der Waals surface area contributed by atoms with Gasteiger partial charge in [0.15, 0.2) is 0 Å². The summed E-state index contributed by atoms with van der Waals surface area (Å²) in [6.07, 6.45) is -18.2. The highest BCUT2D eigenvalue weighted by atomic mass is 16.4. The highest BCUT2D eigenvalue weighted by Crippen LogP contribution is 2.21. The first-order chi connectivity index (χ1) is 15.1. The Morgan fingerprint density at radius 1 is 0.727 bits per heavy atom. The number of carbonyl (C=O) groups excluding carboxylic acids is 2. The second-order valence-electron chi connectivity index (χ2n) is 7.40. The van der Waals surface area contributed by atoms with Crippen LogP contribution in [0.5, 0.6) is 0 Å². The number of Topliss-reactive ketones (excluding diaryl/α,β-unsaturated/α-hetero) is 1. The van der Waals surface area contributed by atoms with E-state index >= 15 is 0 Å². The highest BCUT2D eigenvalue weighted by Gasteiger charge is 2.47. The van der Waals surface area contributed by atoms with E-state index in [9.17, 15) is 34.8 Å². The van der Waals surface area contributed by atoms with Crippen molar-refractivity contribution in [2.75, 3.05) is 6.61 Å². The third-order valence-corrected chi connectivity index (χ3v) is 4.82. The van der Waals surface area contributed by atoms with Gasteiger partial charge in [0.1, 0.15) is 54.9 Å². The number of hydrogen-bond donors (Lipinski definition) is 13. The maximum atomic E-state index is 11.0. The molecule has 1 fully saturated rings. The molecule has 0 aliphatic heterocycles. The van der Waals surface area contributed by atoms with Crippen LogP contribution in [0.15, 0.2) is 0 Å². The minimum absolute atomic E-state index is 0.730. The number of carboxylic acids is 1. The fourth-order valence-electron chi connectivity index (χ4n) is 2.81. The largest absolute Gasteiger partial charge is 0.475 e. The topological polar surface area (TPSA) is 306 Å². The van der Waals surface area contributed by atoms with Crippen molar-refractivity contribution in [1.82, 2.24) is 5.32 Å². The van der Waals surface area contributed by atoms with Gasteiger partial charge in [-0.25, -0.2) is 4.79 Å². The van der Waals surface area contributed by atoms with Crippen molar-refractivity contribution in [2.45, 2.75) is 80.4 Å². The number of rotatable bonds is 9. The third kappa shape index (κ3) is 8.80. The van der Waals surface area contributed by atoms with Crippen LogP contribution in [-0.4, -0.2) is 153 Å². The number of hydrogen-bond acceptors (Lipinski definition) is 14. The fraction of sp³-hybridized carbons (Fsp3) is 0.824. The maximum Gasteiger partial charge on any atom is 0.372 e. The molecule has 194 valence electrons. The molecule has 1 saturated carbocycles. The second kappa shape index (κ2) is 13.8. The monoisotopic (exact) mass is 489 g/mol. The van der Waals surface area contributed by atoms with Gasteiger partial charge in [-0.15, -0.1) is 0 Å². The van der Waals surface area contributed by atoms with Gasteiger partial charge in [-0.1, -0.05) is 0 Å². The van der Waals surface area contributed by atoms with Gasteiger partial charge in [0.05, 0.1) is 18.8 Å². The lowest BCUT2D eigenvalue weighted by molar-refractivity contribution is -0.223. The summed E-state index contributed by atoms with van der Waals surface area (Å²) >= 11 is 0. The zero-order chi connectivity index (χ0) is 26.2. The Morgan fingerprint density at radius 2 is 1.09 bits per heavy atom. The summed E-state index contributed by atoms with van der Waals surface area (Å²) in [7, 11) is 0. The van der Waals surface area contributed by atoms with Gasteiger partial charge in [-0.3, -0.25) is 9.59 Å². The first-order valence-corrected chi connectivity index (χ1v) is 9.53. The Bertz CT molecular complexity index is 589. The number of carbonyl (C=O) groups is 3. The third-order valence-electron chi connectivity index (χ3n) is 4.82. The number of aliphatic carboxylic acids is 1. The van der Waals surface area contributed by atoms with E-state index in [-0.39, 0.29) is 0 Å². The zero-order valence-electron chi connectivity index (χ0n) is 17.4. The van der Waals surface area contributed by atoms with Crippen LogP contribution in [0, 0.1) is 0 Å². The summed E-state index contributed by atoms with van der Waals surface area (Å²) in [5, 5.41) is 111. The molecule has 0 aromatic heterocycles. The number of nitrogens with one attached hydrogen (secondary N) is 1. The summed E-state index contributed by atoms with van der Waals surface area (Å²) in [5.41, 5.74) is 0. The van der Waals surface area contributed by atoms with Crippen molar-refractivity contribution in [3.05, 3.63) is 0 Å². The molecule has 0 radical (unpaired) electrons. The normalized spacial score (nSPS) is 31.8. The van der Waals surface area contributed by atoms with Gasteiger partial charge in [0, 0.05) is 13.3 Å². The molecule has 5 atom stereocenters. The van der Waals surface area contributed by atoms with Gasteiger partial charge in [-0.2, -0.15) is 0 Å². The number of aliphatic hydroxyl groups is 11. The quantitative estimate of drug-likeness (QED) is 0.134. The molecule has 0 aromatic carbocycles. The molecule has 1 aliphatic rings. The molecule has 0 saturated heterocycles. The van der Waals surface area contributed by atoms with Crippen molar-refractivity contribution in [1.29, 1.82) is 0 Å². The van der Waals surface area contributed by atoms with Gasteiger partial charge < -0.3 is 66.6 Å². The summed E-state index contributed by atoms with van der Waals surface area (Å²) in [4.78, 5) is 32.4. The van der Waals surface area contributed by atoms with Crippen LogP contribution in [0.4, 0.5) is 0 Å².